The summed E-state index contributed by atoms with van der Waals surface area (Å²) in [5.74, 6) is 0.840. The largest absolute Gasteiger partial charge is 0.357 e. The van der Waals surface area contributed by atoms with Gasteiger partial charge in [-0.2, -0.15) is 8.78 Å². The first-order valence-electron chi connectivity index (χ1n) is 5.51. The molecule has 0 unspecified atom stereocenters. The zero-order chi connectivity index (χ0) is 12.7. The van der Waals surface area contributed by atoms with Crippen LogP contribution in [-0.2, 0) is 6.54 Å². The van der Waals surface area contributed by atoms with E-state index in [2.05, 4.69) is 20.6 Å². The number of hydrogen-bond acceptors (Lipinski definition) is 2. The molecule has 0 aliphatic rings. The SMILES string of the molecule is CCNC(=NCc1nccn1C(F)F)NCC.I. The second kappa shape index (κ2) is 9.06. The minimum atomic E-state index is -2.58. The Morgan fingerprint density at radius 3 is 2.50 bits per heavy atom. The van der Waals surface area contributed by atoms with Gasteiger partial charge in [-0.25, -0.2) is 9.98 Å². The number of rotatable bonds is 5. The number of hydrogen-bond donors (Lipinski definition) is 2. The van der Waals surface area contributed by atoms with Crippen molar-refractivity contribution in [3.05, 3.63) is 18.2 Å². The summed E-state index contributed by atoms with van der Waals surface area (Å²) in [4.78, 5) is 8.02. The average molecular weight is 373 g/mol. The van der Waals surface area contributed by atoms with Gasteiger partial charge >= 0.3 is 6.55 Å². The van der Waals surface area contributed by atoms with Crippen LogP contribution in [0.3, 0.4) is 0 Å². The standard InChI is InChI=1S/C10H17F2N5.HI/c1-3-13-10(14-4-2)16-7-8-15-5-6-17(8)9(11)12;/h5-6,9H,3-4,7H2,1-2H3,(H2,13,14,16);1H. The molecular weight excluding hydrogens is 355 g/mol. The fraction of sp³-hybridized carbons (Fsp3) is 0.600. The maximum absolute atomic E-state index is 12.5. The Morgan fingerprint density at radius 2 is 2.00 bits per heavy atom. The van der Waals surface area contributed by atoms with Crippen LogP contribution in [0.1, 0.15) is 26.2 Å². The van der Waals surface area contributed by atoms with Crippen LogP contribution in [0.5, 0.6) is 0 Å². The average Bonchev–Trinajstić information content (AvgIpc) is 2.74. The molecule has 0 atom stereocenters. The Labute approximate surface area is 122 Å². The molecule has 1 aromatic heterocycles. The van der Waals surface area contributed by atoms with Crippen molar-refractivity contribution in [1.82, 2.24) is 20.2 Å². The maximum atomic E-state index is 12.5. The molecular formula is C10H18F2IN5. The molecule has 0 fully saturated rings. The Morgan fingerprint density at radius 1 is 1.39 bits per heavy atom. The van der Waals surface area contributed by atoms with E-state index in [1.54, 1.807) is 0 Å². The fourth-order valence-corrected chi connectivity index (χ4v) is 1.30. The molecule has 18 heavy (non-hydrogen) atoms. The van der Waals surface area contributed by atoms with Gasteiger partial charge in [-0.1, -0.05) is 0 Å². The first-order chi connectivity index (χ1) is 8.19. The molecule has 1 heterocycles. The molecule has 0 saturated carbocycles. The van der Waals surface area contributed by atoms with Crippen molar-refractivity contribution in [3.8, 4) is 0 Å². The van der Waals surface area contributed by atoms with Crippen molar-refractivity contribution in [3.63, 3.8) is 0 Å². The van der Waals surface area contributed by atoms with Crippen LogP contribution in [0.4, 0.5) is 8.78 Å². The molecule has 0 aromatic carbocycles. The predicted molar refractivity (Wildman–Crippen MR) is 77.4 cm³/mol. The number of nitrogens with zero attached hydrogens (tertiary/aromatic N) is 3. The number of imidazole rings is 1. The Balaban J connectivity index is 0.00000289. The number of guanidine groups is 1. The number of halogens is 3. The number of alkyl halides is 2. The third-order valence-electron chi connectivity index (χ3n) is 2.03. The highest BCUT2D eigenvalue weighted by Crippen LogP contribution is 2.12. The smallest absolute Gasteiger partial charge is 0.319 e. The molecule has 5 nitrogen and oxygen atoms in total. The second-order valence-corrected chi connectivity index (χ2v) is 3.25. The van der Waals surface area contributed by atoms with Crippen molar-refractivity contribution in [2.75, 3.05) is 13.1 Å². The number of nitrogens with one attached hydrogen (secondary N) is 2. The van der Waals surface area contributed by atoms with E-state index in [9.17, 15) is 8.78 Å². The van der Waals surface area contributed by atoms with Gasteiger partial charge in [0.1, 0.15) is 12.4 Å². The summed E-state index contributed by atoms with van der Waals surface area (Å²) in [7, 11) is 0. The van der Waals surface area contributed by atoms with E-state index >= 15 is 0 Å². The predicted octanol–water partition coefficient (Wildman–Crippen LogP) is 1.97. The minimum absolute atomic E-state index is 0. The van der Waals surface area contributed by atoms with Gasteiger partial charge in [0.25, 0.3) is 0 Å². The highest BCUT2D eigenvalue weighted by atomic mass is 127. The molecule has 0 radical (unpaired) electrons. The molecule has 0 aliphatic carbocycles. The van der Waals surface area contributed by atoms with E-state index in [1.165, 1.54) is 12.4 Å². The van der Waals surface area contributed by atoms with E-state index in [-0.39, 0.29) is 36.3 Å². The third kappa shape index (κ3) is 5.15. The van der Waals surface area contributed by atoms with Crippen LogP contribution >= 0.6 is 24.0 Å². The zero-order valence-electron chi connectivity index (χ0n) is 10.4. The van der Waals surface area contributed by atoms with Crippen LogP contribution in [0.15, 0.2) is 17.4 Å². The lowest BCUT2D eigenvalue weighted by molar-refractivity contribution is 0.0671. The number of aliphatic imine (C=N–C) groups is 1. The maximum Gasteiger partial charge on any atom is 0.319 e. The van der Waals surface area contributed by atoms with Crippen molar-refractivity contribution < 1.29 is 8.78 Å². The molecule has 104 valence electrons. The molecule has 1 rings (SSSR count). The molecule has 2 N–H and O–H groups in total. The lowest BCUT2D eigenvalue weighted by Crippen LogP contribution is -2.37. The van der Waals surface area contributed by atoms with Gasteiger partial charge in [0, 0.05) is 25.5 Å². The highest BCUT2D eigenvalue weighted by Gasteiger charge is 2.10. The highest BCUT2D eigenvalue weighted by molar-refractivity contribution is 14.0. The minimum Gasteiger partial charge on any atom is -0.357 e. The van der Waals surface area contributed by atoms with Gasteiger partial charge in [0.05, 0.1) is 0 Å². The van der Waals surface area contributed by atoms with Gasteiger partial charge in [-0.15, -0.1) is 24.0 Å². The quantitative estimate of drug-likeness (QED) is 0.472. The van der Waals surface area contributed by atoms with E-state index in [4.69, 9.17) is 0 Å². The summed E-state index contributed by atoms with van der Waals surface area (Å²) in [6, 6.07) is 0. The van der Waals surface area contributed by atoms with Crippen molar-refractivity contribution in [2.24, 2.45) is 4.99 Å². The first-order valence-corrected chi connectivity index (χ1v) is 5.51. The van der Waals surface area contributed by atoms with Gasteiger partial charge in [0.15, 0.2) is 5.96 Å². The fourth-order valence-electron chi connectivity index (χ4n) is 1.30. The van der Waals surface area contributed by atoms with Gasteiger partial charge in [-0.05, 0) is 13.8 Å². The summed E-state index contributed by atoms with van der Waals surface area (Å²) in [6.45, 7) is 2.85. The summed E-state index contributed by atoms with van der Waals surface area (Å²) in [5, 5.41) is 6.02. The Bertz CT molecular complexity index is 359. The van der Waals surface area contributed by atoms with Crippen LogP contribution in [0, 0.1) is 0 Å². The van der Waals surface area contributed by atoms with E-state index < -0.39 is 6.55 Å². The topological polar surface area (TPSA) is 54.2 Å². The lowest BCUT2D eigenvalue weighted by Gasteiger charge is -2.09. The normalized spacial score (nSPS) is 9.83. The summed E-state index contributed by atoms with van der Waals surface area (Å²) >= 11 is 0. The Kier molecular flexibility index (Phi) is 8.59. The molecule has 0 aliphatic heterocycles. The summed E-state index contributed by atoms with van der Waals surface area (Å²) in [5.41, 5.74) is 0. The molecule has 0 amide bonds. The van der Waals surface area contributed by atoms with Crippen LogP contribution < -0.4 is 10.6 Å². The van der Waals surface area contributed by atoms with Crippen LogP contribution in [0.2, 0.25) is 0 Å². The third-order valence-corrected chi connectivity index (χ3v) is 2.03. The van der Waals surface area contributed by atoms with Crippen LogP contribution in [-0.4, -0.2) is 28.6 Å². The monoisotopic (exact) mass is 373 g/mol. The summed E-state index contributed by atoms with van der Waals surface area (Å²) < 4.78 is 25.9. The molecule has 0 spiro atoms. The van der Waals surface area contributed by atoms with Crippen molar-refractivity contribution >= 4 is 29.9 Å². The zero-order valence-corrected chi connectivity index (χ0v) is 12.7. The van der Waals surface area contributed by atoms with E-state index in [0.29, 0.717) is 5.96 Å². The first kappa shape index (κ1) is 17.1. The van der Waals surface area contributed by atoms with E-state index in [0.717, 1.165) is 17.7 Å². The molecule has 1 aromatic rings. The molecule has 8 heteroatoms. The van der Waals surface area contributed by atoms with Gasteiger partial charge in [0.2, 0.25) is 0 Å². The van der Waals surface area contributed by atoms with Crippen LogP contribution in [0.25, 0.3) is 0 Å². The molecule has 0 bridgehead atoms. The number of aromatic nitrogens is 2. The summed E-state index contributed by atoms with van der Waals surface area (Å²) in [6.07, 6.45) is 2.59. The van der Waals surface area contributed by atoms with Crippen molar-refractivity contribution in [2.45, 2.75) is 26.9 Å². The van der Waals surface area contributed by atoms with E-state index in [1.807, 2.05) is 13.8 Å². The van der Waals surface area contributed by atoms with Gasteiger partial charge in [-0.3, -0.25) is 4.57 Å². The lowest BCUT2D eigenvalue weighted by atomic mass is 10.6. The Hall–Kier alpha value is -0.930. The molecule has 0 saturated heterocycles. The van der Waals surface area contributed by atoms with Crippen molar-refractivity contribution in [1.29, 1.82) is 0 Å². The second-order valence-electron chi connectivity index (χ2n) is 3.25. The van der Waals surface area contributed by atoms with Gasteiger partial charge < -0.3 is 10.6 Å².